The molecule has 5 rings (SSSR count). The van der Waals surface area contributed by atoms with Crippen LogP contribution in [0, 0.1) is 6.92 Å². The zero-order chi connectivity index (χ0) is 21.5. The standard InChI is InChI=1S/C24H19N3O4/c1-15-8-10-16(11-9-15)19-13-20(21-7-4-12-31-21)27(25-19)22(28)14-26-23(29)17-5-2-3-6-18(17)24(26)30/h2-12,20H,13-14H2,1H3/t20-/m0/s1. The van der Waals surface area contributed by atoms with Crippen LogP contribution < -0.4 is 0 Å². The molecule has 0 fully saturated rings. The number of hydrogen-bond acceptors (Lipinski definition) is 5. The first-order valence-corrected chi connectivity index (χ1v) is 9.98. The third kappa shape index (κ3) is 3.24. The van der Waals surface area contributed by atoms with Crippen molar-refractivity contribution < 1.29 is 18.8 Å². The number of imide groups is 1. The average molecular weight is 413 g/mol. The number of hydrogen-bond donors (Lipinski definition) is 0. The van der Waals surface area contributed by atoms with Crippen molar-refractivity contribution in [3.8, 4) is 0 Å². The number of hydrazone groups is 1. The predicted octanol–water partition coefficient (Wildman–Crippen LogP) is 3.56. The molecule has 154 valence electrons. The molecular weight excluding hydrogens is 394 g/mol. The van der Waals surface area contributed by atoms with Crippen molar-refractivity contribution in [2.45, 2.75) is 19.4 Å². The summed E-state index contributed by atoms with van der Waals surface area (Å²) in [6, 6.07) is 17.6. The van der Waals surface area contributed by atoms with Crippen LogP contribution in [0.5, 0.6) is 0 Å². The summed E-state index contributed by atoms with van der Waals surface area (Å²) in [4.78, 5) is 39.5. The lowest BCUT2D eigenvalue weighted by Crippen LogP contribution is -2.41. The Morgan fingerprint density at radius 2 is 1.68 bits per heavy atom. The maximum Gasteiger partial charge on any atom is 0.263 e. The molecule has 0 aliphatic carbocycles. The molecule has 3 amide bonds. The average Bonchev–Trinajstić information content (AvgIpc) is 3.51. The molecule has 3 heterocycles. The van der Waals surface area contributed by atoms with Gasteiger partial charge in [-0.2, -0.15) is 5.10 Å². The van der Waals surface area contributed by atoms with Crippen molar-refractivity contribution in [3.05, 3.63) is 94.9 Å². The summed E-state index contributed by atoms with van der Waals surface area (Å²) in [7, 11) is 0. The third-order valence-electron chi connectivity index (χ3n) is 5.59. The molecule has 0 bridgehead atoms. The van der Waals surface area contributed by atoms with Gasteiger partial charge in [-0.3, -0.25) is 19.3 Å². The van der Waals surface area contributed by atoms with Crippen LogP contribution in [0.2, 0.25) is 0 Å². The zero-order valence-corrected chi connectivity index (χ0v) is 16.8. The van der Waals surface area contributed by atoms with Crippen molar-refractivity contribution >= 4 is 23.4 Å². The van der Waals surface area contributed by atoms with Crippen LogP contribution in [0.3, 0.4) is 0 Å². The maximum atomic E-state index is 13.2. The van der Waals surface area contributed by atoms with E-state index in [0.29, 0.717) is 23.3 Å². The Morgan fingerprint density at radius 1 is 1.00 bits per heavy atom. The molecule has 0 spiro atoms. The van der Waals surface area contributed by atoms with Crippen molar-refractivity contribution in [1.29, 1.82) is 0 Å². The van der Waals surface area contributed by atoms with Crippen LogP contribution in [0.4, 0.5) is 0 Å². The van der Waals surface area contributed by atoms with Gasteiger partial charge in [-0.15, -0.1) is 0 Å². The minimum absolute atomic E-state index is 0.313. The van der Waals surface area contributed by atoms with Crippen LogP contribution in [-0.2, 0) is 4.79 Å². The van der Waals surface area contributed by atoms with Crippen molar-refractivity contribution in [2.24, 2.45) is 5.10 Å². The van der Waals surface area contributed by atoms with E-state index >= 15 is 0 Å². The molecule has 0 unspecified atom stereocenters. The summed E-state index contributed by atoms with van der Waals surface area (Å²) in [5, 5.41) is 5.89. The Kier molecular flexibility index (Phi) is 4.51. The molecule has 2 aliphatic heterocycles. The second kappa shape index (κ2) is 7.36. The Bertz CT molecular complexity index is 1180. The summed E-state index contributed by atoms with van der Waals surface area (Å²) in [5.74, 6) is -0.782. The van der Waals surface area contributed by atoms with Gasteiger partial charge in [-0.05, 0) is 36.8 Å². The minimum atomic E-state index is -0.467. The van der Waals surface area contributed by atoms with E-state index in [1.807, 2.05) is 31.2 Å². The molecular formula is C24H19N3O4. The number of aryl methyl sites for hydroxylation is 1. The highest BCUT2D eigenvalue weighted by molar-refractivity contribution is 6.22. The monoisotopic (exact) mass is 413 g/mol. The van der Waals surface area contributed by atoms with Gasteiger partial charge in [0.2, 0.25) is 0 Å². The van der Waals surface area contributed by atoms with Crippen LogP contribution >= 0.6 is 0 Å². The first kappa shape index (κ1) is 19.0. The topological polar surface area (TPSA) is 83.2 Å². The van der Waals surface area contributed by atoms with Gasteiger partial charge in [0.25, 0.3) is 17.7 Å². The highest BCUT2D eigenvalue weighted by Crippen LogP contribution is 2.33. The lowest BCUT2D eigenvalue weighted by molar-refractivity contribution is -0.133. The summed E-state index contributed by atoms with van der Waals surface area (Å²) >= 11 is 0. The number of carbonyl (C=O) groups is 3. The third-order valence-corrected chi connectivity index (χ3v) is 5.59. The van der Waals surface area contributed by atoms with E-state index in [1.165, 1.54) is 5.01 Å². The lowest BCUT2D eigenvalue weighted by Gasteiger charge is -2.22. The SMILES string of the molecule is Cc1ccc(C2=NN(C(=O)CN3C(=O)c4ccccc4C3=O)[C@H](c3ccco3)C2)cc1. The number of rotatable bonds is 4. The second-order valence-corrected chi connectivity index (χ2v) is 7.63. The smallest absolute Gasteiger partial charge is 0.263 e. The Morgan fingerprint density at radius 3 is 2.29 bits per heavy atom. The maximum absolute atomic E-state index is 13.2. The molecule has 0 N–H and O–H groups in total. The largest absolute Gasteiger partial charge is 0.467 e. The molecule has 2 aromatic carbocycles. The van der Waals surface area contributed by atoms with E-state index in [-0.39, 0.29) is 6.54 Å². The number of nitrogens with zero attached hydrogens (tertiary/aromatic N) is 3. The van der Waals surface area contributed by atoms with Gasteiger partial charge < -0.3 is 4.42 Å². The fourth-order valence-corrected chi connectivity index (χ4v) is 3.95. The van der Waals surface area contributed by atoms with Gasteiger partial charge in [-0.1, -0.05) is 42.0 Å². The molecule has 7 nitrogen and oxygen atoms in total. The van der Waals surface area contributed by atoms with E-state index in [9.17, 15) is 14.4 Å². The first-order chi connectivity index (χ1) is 15.0. The minimum Gasteiger partial charge on any atom is -0.467 e. The highest BCUT2D eigenvalue weighted by Gasteiger charge is 2.40. The van der Waals surface area contributed by atoms with Gasteiger partial charge in [0.05, 0.1) is 23.1 Å². The van der Waals surface area contributed by atoms with Crippen LogP contribution in [0.25, 0.3) is 0 Å². The fourth-order valence-electron chi connectivity index (χ4n) is 3.95. The van der Waals surface area contributed by atoms with Crippen molar-refractivity contribution in [3.63, 3.8) is 0 Å². The van der Waals surface area contributed by atoms with Gasteiger partial charge in [0.1, 0.15) is 18.3 Å². The Hall–Kier alpha value is -4.00. The first-order valence-electron chi connectivity index (χ1n) is 9.98. The summed E-state index contributed by atoms with van der Waals surface area (Å²) in [5.41, 5.74) is 3.42. The normalized spacial score (nSPS) is 17.8. The highest BCUT2D eigenvalue weighted by atomic mass is 16.3. The van der Waals surface area contributed by atoms with Crippen LogP contribution in [0.1, 0.15) is 50.1 Å². The Labute approximate surface area is 178 Å². The van der Waals surface area contributed by atoms with E-state index in [4.69, 9.17) is 4.42 Å². The fraction of sp³-hybridized carbons (Fsp3) is 0.167. The molecule has 3 aromatic rings. The van der Waals surface area contributed by atoms with Crippen LogP contribution in [0.15, 0.2) is 76.4 Å². The van der Waals surface area contributed by atoms with Gasteiger partial charge in [0, 0.05) is 6.42 Å². The number of carbonyl (C=O) groups excluding carboxylic acids is 3. The number of fused-ring (bicyclic) bond motifs is 1. The lowest BCUT2D eigenvalue weighted by atomic mass is 10.0. The molecule has 0 saturated carbocycles. The predicted molar refractivity (Wildman–Crippen MR) is 112 cm³/mol. The number of amides is 3. The summed E-state index contributed by atoms with van der Waals surface area (Å²) in [6.07, 6.45) is 2.02. The second-order valence-electron chi connectivity index (χ2n) is 7.63. The molecule has 1 aromatic heterocycles. The quantitative estimate of drug-likeness (QED) is 0.613. The van der Waals surface area contributed by atoms with E-state index < -0.39 is 23.8 Å². The molecule has 2 aliphatic rings. The summed E-state index contributed by atoms with van der Waals surface area (Å²) in [6.45, 7) is 1.62. The number of benzene rings is 2. The van der Waals surface area contributed by atoms with Crippen molar-refractivity contribution in [2.75, 3.05) is 6.54 Å². The van der Waals surface area contributed by atoms with Gasteiger partial charge in [-0.25, -0.2) is 5.01 Å². The van der Waals surface area contributed by atoms with E-state index in [1.54, 1.807) is 42.7 Å². The molecule has 0 saturated heterocycles. The van der Waals surface area contributed by atoms with Gasteiger partial charge >= 0.3 is 0 Å². The molecule has 0 radical (unpaired) electrons. The van der Waals surface area contributed by atoms with Crippen molar-refractivity contribution in [1.82, 2.24) is 9.91 Å². The Balaban J connectivity index is 1.43. The number of furan rings is 1. The molecule has 7 heteroatoms. The molecule has 31 heavy (non-hydrogen) atoms. The van der Waals surface area contributed by atoms with E-state index in [2.05, 4.69) is 5.10 Å². The molecule has 1 atom stereocenters. The van der Waals surface area contributed by atoms with Gasteiger partial charge in [0.15, 0.2) is 0 Å². The van der Waals surface area contributed by atoms with Crippen LogP contribution in [-0.4, -0.2) is 39.9 Å². The zero-order valence-electron chi connectivity index (χ0n) is 16.8. The summed E-state index contributed by atoms with van der Waals surface area (Å²) < 4.78 is 5.55. The van der Waals surface area contributed by atoms with E-state index in [0.717, 1.165) is 21.7 Å².